The highest BCUT2D eigenvalue weighted by Crippen LogP contribution is 2.08. The fraction of sp³-hybridized carbons (Fsp3) is 0.900. The minimum absolute atomic E-state index is 0.0547. The van der Waals surface area contributed by atoms with Crippen LogP contribution in [0.5, 0.6) is 0 Å². The van der Waals surface area contributed by atoms with Crippen molar-refractivity contribution in [3.8, 4) is 0 Å². The highest BCUT2D eigenvalue weighted by atomic mass is 16.2. The third kappa shape index (κ3) is 4.07. The SMILES string of the molecule is CN(C)C(C)(C)CNC(=O)C(C)(C)N. The first kappa shape index (κ1) is 13.4. The van der Waals surface area contributed by atoms with Crippen molar-refractivity contribution in [3.63, 3.8) is 0 Å². The molecule has 0 heterocycles. The fourth-order valence-corrected chi connectivity index (χ4v) is 0.683. The first-order chi connectivity index (χ1) is 6.07. The molecule has 0 aromatic heterocycles. The van der Waals surface area contributed by atoms with Gasteiger partial charge in [-0.05, 0) is 41.8 Å². The molecule has 0 fully saturated rings. The lowest BCUT2D eigenvalue weighted by Crippen LogP contribution is -2.55. The van der Waals surface area contributed by atoms with E-state index in [4.69, 9.17) is 5.73 Å². The molecular formula is C10H23N3O. The van der Waals surface area contributed by atoms with E-state index in [1.165, 1.54) is 0 Å². The Morgan fingerprint density at radius 3 is 2.00 bits per heavy atom. The van der Waals surface area contributed by atoms with Crippen molar-refractivity contribution < 1.29 is 4.79 Å². The molecule has 0 aromatic rings. The molecule has 0 spiro atoms. The van der Waals surface area contributed by atoms with Crippen LogP contribution in [0, 0.1) is 0 Å². The lowest BCUT2D eigenvalue weighted by molar-refractivity contribution is -0.125. The van der Waals surface area contributed by atoms with Gasteiger partial charge in [-0.3, -0.25) is 4.79 Å². The van der Waals surface area contributed by atoms with Crippen LogP contribution in [0.25, 0.3) is 0 Å². The Hall–Kier alpha value is -0.610. The molecule has 0 aliphatic heterocycles. The van der Waals surface area contributed by atoms with Gasteiger partial charge in [0.1, 0.15) is 0 Å². The third-order valence-corrected chi connectivity index (χ3v) is 2.48. The van der Waals surface area contributed by atoms with Crippen molar-refractivity contribution in [3.05, 3.63) is 0 Å². The molecule has 0 aromatic carbocycles. The van der Waals surface area contributed by atoms with Crippen LogP contribution in [-0.4, -0.2) is 42.5 Å². The predicted molar refractivity (Wildman–Crippen MR) is 59.0 cm³/mol. The van der Waals surface area contributed by atoms with E-state index in [0.717, 1.165) is 0 Å². The van der Waals surface area contributed by atoms with E-state index >= 15 is 0 Å². The second kappa shape index (κ2) is 4.28. The number of nitrogens with one attached hydrogen (secondary N) is 1. The number of carbonyl (C=O) groups excluding carboxylic acids is 1. The van der Waals surface area contributed by atoms with Crippen LogP contribution in [0.3, 0.4) is 0 Å². The molecule has 0 saturated heterocycles. The molecule has 0 radical (unpaired) electrons. The van der Waals surface area contributed by atoms with Gasteiger partial charge < -0.3 is 16.0 Å². The van der Waals surface area contributed by atoms with E-state index in [9.17, 15) is 4.79 Å². The van der Waals surface area contributed by atoms with Crippen molar-refractivity contribution in [1.82, 2.24) is 10.2 Å². The normalized spacial score (nSPS) is 13.1. The van der Waals surface area contributed by atoms with Crippen LogP contribution in [0.4, 0.5) is 0 Å². The summed E-state index contributed by atoms with van der Waals surface area (Å²) >= 11 is 0. The summed E-state index contributed by atoms with van der Waals surface area (Å²) < 4.78 is 0. The molecule has 0 atom stereocenters. The number of likely N-dealkylation sites (N-methyl/N-ethyl adjacent to an activating group) is 1. The molecular weight excluding hydrogens is 178 g/mol. The summed E-state index contributed by atoms with van der Waals surface area (Å²) in [7, 11) is 3.97. The van der Waals surface area contributed by atoms with E-state index in [1.807, 2.05) is 14.1 Å². The number of nitrogens with zero attached hydrogens (tertiary/aromatic N) is 1. The molecule has 0 aliphatic carbocycles. The molecule has 0 aliphatic rings. The Balaban J connectivity index is 4.14. The zero-order chi connectivity index (χ0) is 11.6. The Bertz CT molecular complexity index is 204. The van der Waals surface area contributed by atoms with Gasteiger partial charge in [-0.1, -0.05) is 0 Å². The molecule has 1 amide bonds. The molecule has 4 heteroatoms. The van der Waals surface area contributed by atoms with E-state index < -0.39 is 5.54 Å². The van der Waals surface area contributed by atoms with Crippen LogP contribution < -0.4 is 11.1 Å². The van der Waals surface area contributed by atoms with Gasteiger partial charge in [0.15, 0.2) is 0 Å². The average Bonchev–Trinajstić information content (AvgIpc) is 1.98. The molecule has 0 unspecified atom stereocenters. The second-order valence-electron chi connectivity index (χ2n) is 5.11. The maximum Gasteiger partial charge on any atom is 0.239 e. The van der Waals surface area contributed by atoms with E-state index in [1.54, 1.807) is 13.8 Å². The number of rotatable bonds is 4. The van der Waals surface area contributed by atoms with Gasteiger partial charge in [0.25, 0.3) is 0 Å². The summed E-state index contributed by atoms with van der Waals surface area (Å²) in [6.45, 7) is 8.13. The van der Waals surface area contributed by atoms with Crippen molar-refractivity contribution >= 4 is 5.91 Å². The van der Waals surface area contributed by atoms with Gasteiger partial charge in [0.05, 0.1) is 5.54 Å². The maximum absolute atomic E-state index is 11.5. The largest absolute Gasteiger partial charge is 0.353 e. The number of hydrogen-bond acceptors (Lipinski definition) is 3. The average molecular weight is 201 g/mol. The Morgan fingerprint density at radius 1 is 1.29 bits per heavy atom. The van der Waals surface area contributed by atoms with Gasteiger partial charge in [0, 0.05) is 12.1 Å². The first-order valence-electron chi connectivity index (χ1n) is 4.82. The van der Waals surface area contributed by atoms with Gasteiger partial charge in [-0.15, -0.1) is 0 Å². The Labute approximate surface area is 86.8 Å². The lowest BCUT2D eigenvalue weighted by atomic mass is 10.0. The molecule has 4 nitrogen and oxygen atoms in total. The zero-order valence-corrected chi connectivity index (χ0v) is 10.1. The quantitative estimate of drug-likeness (QED) is 0.682. The molecule has 14 heavy (non-hydrogen) atoms. The zero-order valence-electron chi connectivity index (χ0n) is 10.1. The fourth-order valence-electron chi connectivity index (χ4n) is 0.683. The Kier molecular flexibility index (Phi) is 4.09. The summed E-state index contributed by atoms with van der Waals surface area (Å²) in [4.78, 5) is 13.5. The first-order valence-corrected chi connectivity index (χ1v) is 4.82. The van der Waals surface area contributed by atoms with Crippen molar-refractivity contribution in [2.75, 3.05) is 20.6 Å². The molecule has 0 saturated carbocycles. The van der Waals surface area contributed by atoms with Crippen LogP contribution in [-0.2, 0) is 4.79 Å². The molecule has 0 rings (SSSR count). The number of amides is 1. The van der Waals surface area contributed by atoms with E-state index in [0.29, 0.717) is 6.54 Å². The number of hydrogen-bond donors (Lipinski definition) is 2. The maximum atomic E-state index is 11.5. The number of carbonyl (C=O) groups is 1. The Morgan fingerprint density at radius 2 is 1.71 bits per heavy atom. The number of nitrogens with two attached hydrogens (primary N) is 1. The molecule has 84 valence electrons. The minimum atomic E-state index is -0.803. The van der Waals surface area contributed by atoms with Crippen LogP contribution in [0.2, 0.25) is 0 Å². The van der Waals surface area contributed by atoms with Crippen LogP contribution in [0.1, 0.15) is 27.7 Å². The van der Waals surface area contributed by atoms with Gasteiger partial charge in [0.2, 0.25) is 5.91 Å². The topological polar surface area (TPSA) is 58.4 Å². The summed E-state index contributed by atoms with van der Waals surface area (Å²) in [5.41, 5.74) is 4.80. The summed E-state index contributed by atoms with van der Waals surface area (Å²) in [5, 5.41) is 2.84. The van der Waals surface area contributed by atoms with Crippen molar-refractivity contribution in [2.45, 2.75) is 38.8 Å². The summed E-state index contributed by atoms with van der Waals surface area (Å²) in [5.74, 6) is -0.118. The summed E-state index contributed by atoms with van der Waals surface area (Å²) in [6, 6.07) is 0. The monoisotopic (exact) mass is 201 g/mol. The lowest BCUT2D eigenvalue weighted by Gasteiger charge is -2.33. The minimum Gasteiger partial charge on any atom is -0.353 e. The van der Waals surface area contributed by atoms with E-state index in [-0.39, 0.29) is 11.4 Å². The van der Waals surface area contributed by atoms with E-state index in [2.05, 4.69) is 24.1 Å². The smallest absolute Gasteiger partial charge is 0.239 e. The highest BCUT2D eigenvalue weighted by molar-refractivity contribution is 5.85. The second-order valence-corrected chi connectivity index (χ2v) is 5.11. The predicted octanol–water partition coefficient (Wildman–Crippen LogP) is 0.180. The molecule has 3 N–H and O–H groups in total. The summed E-state index contributed by atoms with van der Waals surface area (Å²) in [6.07, 6.45) is 0. The van der Waals surface area contributed by atoms with Gasteiger partial charge >= 0.3 is 0 Å². The van der Waals surface area contributed by atoms with Crippen LogP contribution >= 0.6 is 0 Å². The van der Waals surface area contributed by atoms with Crippen LogP contribution in [0.15, 0.2) is 0 Å². The third-order valence-electron chi connectivity index (χ3n) is 2.48. The van der Waals surface area contributed by atoms with Gasteiger partial charge in [-0.25, -0.2) is 0 Å². The van der Waals surface area contributed by atoms with Gasteiger partial charge in [-0.2, -0.15) is 0 Å². The standard InChI is InChI=1S/C10H23N3O/c1-9(2,13(5)6)7-12-8(14)10(3,4)11/h7,11H2,1-6H3,(H,12,14). The molecule has 0 bridgehead atoms. The highest BCUT2D eigenvalue weighted by Gasteiger charge is 2.26. The van der Waals surface area contributed by atoms with Crippen molar-refractivity contribution in [1.29, 1.82) is 0 Å². The van der Waals surface area contributed by atoms with Crippen molar-refractivity contribution in [2.24, 2.45) is 5.73 Å².